The van der Waals surface area contributed by atoms with Crippen LogP contribution in [0.1, 0.15) is 28.8 Å². The lowest BCUT2D eigenvalue weighted by Crippen LogP contribution is -2.38. The van der Waals surface area contributed by atoms with E-state index in [9.17, 15) is 4.79 Å². The standard InChI is InChI=1S/C28H35N7O5/c1-30-17-18(16-29)20-5-4-6-22(24(20)38-3)31-27(36)21-15-23-25(33-28(40-23)35-11-13-39-14-12-35)32-26(21)34-9-7-19(37-2)8-10-34/h4-6,15-17,19H,7-14,29H2,1-3H3,(H,31,36)/b18-16+,30-17?. The van der Waals surface area contributed by atoms with Crippen LogP contribution in [0, 0.1) is 0 Å². The molecule has 3 aromatic rings. The number of amides is 1. The second-order valence-corrected chi connectivity index (χ2v) is 9.55. The molecule has 0 radical (unpaired) electrons. The van der Waals surface area contributed by atoms with Crippen LogP contribution in [0.25, 0.3) is 16.8 Å². The van der Waals surface area contributed by atoms with Crippen molar-refractivity contribution in [1.82, 2.24) is 9.97 Å². The number of oxazole rings is 1. The summed E-state index contributed by atoms with van der Waals surface area (Å²) in [6, 6.07) is 7.65. The van der Waals surface area contributed by atoms with Crippen molar-refractivity contribution in [2.75, 3.05) is 75.8 Å². The molecule has 0 spiro atoms. The molecule has 1 amide bonds. The zero-order valence-electron chi connectivity index (χ0n) is 23.1. The van der Waals surface area contributed by atoms with Gasteiger partial charge in [-0.1, -0.05) is 12.1 Å². The van der Waals surface area contributed by atoms with Gasteiger partial charge in [0.25, 0.3) is 11.9 Å². The summed E-state index contributed by atoms with van der Waals surface area (Å²) in [7, 11) is 4.94. The smallest absolute Gasteiger partial charge is 0.300 e. The lowest BCUT2D eigenvalue weighted by atomic mass is 10.0. The molecule has 0 atom stereocenters. The van der Waals surface area contributed by atoms with E-state index in [1.165, 1.54) is 6.20 Å². The number of ether oxygens (including phenoxy) is 3. The number of aromatic nitrogens is 2. The number of piperidine rings is 1. The van der Waals surface area contributed by atoms with Crippen molar-refractivity contribution in [3.63, 3.8) is 0 Å². The van der Waals surface area contributed by atoms with Crippen LogP contribution in [0.15, 0.2) is 39.9 Å². The SMILES string of the molecule is CN=C/C(=C\N)c1cccc(NC(=O)c2cc3oc(N4CCOCC4)nc3nc2N2CCC(OC)CC2)c1OC. The summed E-state index contributed by atoms with van der Waals surface area (Å²) in [6.07, 6.45) is 4.93. The van der Waals surface area contributed by atoms with Gasteiger partial charge in [0.15, 0.2) is 5.58 Å². The quantitative estimate of drug-likeness (QED) is 0.403. The summed E-state index contributed by atoms with van der Waals surface area (Å²) in [5, 5.41) is 3.02. The maximum Gasteiger partial charge on any atom is 0.300 e. The third kappa shape index (κ3) is 5.58. The molecule has 2 aromatic heterocycles. The molecule has 12 nitrogen and oxygen atoms in total. The molecule has 212 valence electrons. The number of rotatable bonds is 8. The van der Waals surface area contributed by atoms with Gasteiger partial charge in [-0.3, -0.25) is 9.79 Å². The fraction of sp³-hybridized carbons (Fsp3) is 0.429. The number of fused-ring (bicyclic) bond motifs is 1. The van der Waals surface area contributed by atoms with Crippen LogP contribution in [0.4, 0.5) is 17.5 Å². The largest absolute Gasteiger partial charge is 0.494 e. The fourth-order valence-electron chi connectivity index (χ4n) is 5.06. The minimum Gasteiger partial charge on any atom is -0.494 e. The van der Waals surface area contributed by atoms with Crippen LogP contribution in [0.2, 0.25) is 0 Å². The number of carbonyl (C=O) groups is 1. The van der Waals surface area contributed by atoms with Gasteiger partial charge >= 0.3 is 0 Å². The number of pyridine rings is 1. The molecule has 2 fully saturated rings. The zero-order valence-corrected chi connectivity index (χ0v) is 23.1. The van der Waals surface area contributed by atoms with E-state index in [4.69, 9.17) is 29.3 Å². The van der Waals surface area contributed by atoms with Crippen molar-refractivity contribution in [3.05, 3.63) is 41.6 Å². The highest BCUT2D eigenvalue weighted by molar-refractivity contribution is 6.13. The molecule has 2 aliphatic heterocycles. The van der Waals surface area contributed by atoms with E-state index in [-0.39, 0.29) is 12.0 Å². The van der Waals surface area contributed by atoms with Gasteiger partial charge in [0, 0.05) is 70.0 Å². The molecule has 0 aliphatic carbocycles. The third-order valence-corrected chi connectivity index (χ3v) is 7.18. The Labute approximate surface area is 232 Å². The molecule has 5 rings (SSSR count). The Kier molecular flexibility index (Phi) is 8.46. The number of aliphatic imine (C=N–C) groups is 1. The van der Waals surface area contributed by atoms with Crippen LogP contribution in [0.5, 0.6) is 5.75 Å². The molecule has 0 bridgehead atoms. The van der Waals surface area contributed by atoms with Crippen molar-refractivity contribution in [3.8, 4) is 5.75 Å². The predicted molar refractivity (Wildman–Crippen MR) is 155 cm³/mol. The van der Waals surface area contributed by atoms with E-state index in [1.54, 1.807) is 39.6 Å². The molecular weight excluding hydrogens is 514 g/mol. The van der Waals surface area contributed by atoms with Crippen LogP contribution in [-0.2, 0) is 9.47 Å². The molecule has 12 heteroatoms. The lowest BCUT2D eigenvalue weighted by Gasteiger charge is -2.32. The number of nitrogens with two attached hydrogens (primary N) is 1. The molecule has 1 aromatic carbocycles. The van der Waals surface area contributed by atoms with Gasteiger partial charge in [0.2, 0.25) is 5.65 Å². The third-order valence-electron chi connectivity index (χ3n) is 7.18. The summed E-state index contributed by atoms with van der Waals surface area (Å²) in [5.41, 5.74) is 8.98. The summed E-state index contributed by atoms with van der Waals surface area (Å²) in [4.78, 5) is 31.6. The Hall–Kier alpha value is -4.16. The van der Waals surface area contributed by atoms with Crippen molar-refractivity contribution in [2.45, 2.75) is 18.9 Å². The number of nitrogens with zero attached hydrogens (tertiary/aromatic N) is 5. The highest BCUT2D eigenvalue weighted by Crippen LogP contribution is 2.35. The number of benzene rings is 1. The summed E-state index contributed by atoms with van der Waals surface area (Å²) >= 11 is 0. The molecule has 4 heterocycles. The number of anilines is 3. The lowest BCUT2D eigenvalue weighted by molar-refractivity contribution is 0.0817. The first kappa shape index (κ1) is 27.4. The summed E-state index contributed by atoms with van der Waals surface area (Å²) < 4.78 is 22.8. The first-order chi connectivity index (χ1) is 19.6. The second kappa shape index (κ2) is 12.3. The van der Waals surface area contributed by atoms with Crippen molar-refractivity contribution in [2.24, 2.45) is 10.7 Å². The average Bonchev–Trinajstić information content (AvgIpc) is 3.43. The number of para-hydroxylation sites is 1. The van der Waals surface area contributed by atoms with Crippen LogP contribution >= 0.6 is 0 Å². The van der Waals surface area contributed by atoms with E-state index in [0.29, 0.717) is 90.6 Å². The minimum atomic E-state index is -0.347. The Morgan fingerprint density at radius 2 is 1.90 bits per heavy atom. The number of nitrogens with one attached hydrogen (secondary N) is 1. The Bertz CT molecular complexity index is 1410. The van der Waals surface area contributed by atoms with Crippen molar-refractivity contribution < 1.29 is 23.4 Å². The van der Waals surface area contributed by atoms with Crippen molar-refractivity contribution >= 4 is 46.4 Å². The number of hydrogen-bond donors (Lipinski definition) is 2. The van der Waals surface area contributed by atoms with Gasteiger partial charge in [-0.2, -0.15) is 4.98 Å². The Morgan fingerprint density at radius 1 is 1.12 bits per heavy atom. The van der Waals surface area contributed by atoms with E-state index < -0.39 is 0 Å². The van der Waals surface area contributed by atoms with E-state index in [2.05, 4.69) is 20.2 Å². The van der Waals surface area contributed by atoms with Gasteiger partial charge < -0.3 is 39.5 Å². The Balaban J connectivity index is 1.52. The molecule has 40 heavy (non-hydrogen) atoms. The van der Waals surface area contributed by atoms with Crippen LogP contribution in [0.3, 0.4) is 0 Å². The van der Waals surface area contributed by atoms with Gasteiger partial charge in [-0.15, -0.1) is 0 Å². The van der Waals surface area contributed by atoms with E-state index >= 15 is 0 Å². The van der Waals surface area contributed by atoms with Gasteiger partial charge in [0.1, 0.15) is 11.6 Å². The second-order valence-electron chi connectivity index (χ2n) is 9.55. The molecule has 2 aliphatic rings. The van der Waals surface area contributed by atoms with Crippen LogP contribution < -0.4 is 25.6 Å². The maximum absolute atomic E-state index is 13.9. The highest BCUT2D eigenvalue weighted by atomic mass is 16.5. The van der Waals surface area contributed by atoms with E-state index in [0.717, 1.165) is 12.8 Å². The minimum absolute atomic E-state index is 0.181. The van der Waals surface area contributed by atoms with Crippen LogP contribution in [-0.4, -0.2) is 88.9 Å². The molecule has 0 saturated carbocycles. The maximum atomic E-state index is 13.9. The highest BCUT2D eigenvalue weighted by Gasteiger charge is 2.28. The molecule has 3 N–H and O–H groups in total. The monoisotopic (exact) mass is 549 g/mol. The first-order valence-corrected chi connectivity index (χ1v) is 13.3. The van der Waals surface area contributed by atoms with Crippen molar-refractivity contribution in [1.29, 1.82) is 0 Å². The number of carbonyl (C=O) groups excluding carboxylic acids is 1. The zero-order chi connectivity index (χ0) is 28.1. The topological polar surface area (TPSA) is 141 Å². The number of morpholine rings is 1. The van der Waals surface area contributed by atoms with Gasteiger partial charge in [-0.05, 0) is 18.9 Å². The number of allylic oxidation sites excluding steroid dienone is 1. The van der Waals surface area contributed by atoms with E-state index in [1.807, 2.05) is 17.0 Å². The summed E-state index contributed by atoms with van der Waals surface area (Å²) in [6.45, 7) is 3.96. The van der Waals surface area contributed by atoms with Gasteiger partial charge in [0.05, 0.1) is 37.7 Å². The molecule has 2 saturated heterocycles. The Morgan fingerprint density at radius 3 is 2.58 bits per heavy atom. The molecule has 0 unspecified atom stereocenters. The number of hydrogen-bond acceptors (Lipinski definition) is 11. The molecular formula is C28H35N7O5. The summed E-state index contributed by atoms with van der Waals surface area (Å²) in [5.74, 6) is 0.677. The first-order valence-electron chi connectivity index (χ1n) is 13.3. The van der Waals surface area contributed by atoms with Gasteiger partial charge in [-0.25, -0.2) is 4.98 Å². The fourth-order valence-corrected chi connectivity index (χ4v) is 5.06. The predicted octanol–water partition coefficient (Wildman–Crippen LogP) is 2.94. The normalized spacial score (nSPS) is 17.1. The average molecular weight is 550 g/mol. The number of methoxy groups -OCH3 is 2.